The van der Waals surface area contributed by atoms with Crippen molar-refractivity contribution in [1.29, 1.82) is 0 Å². The molecule has 0 aromatic heterocycles. The molecule has 16 heavy (non-hydrogen) atoms. The summed E-state index contributed by atoms with van der Waals surface area (Å²) < 4.78 is 0. The maximum absolute atomic E-state index is 3.94. The van der Waals surface area contributed by atoms with Crippen molar-refractivity contribution < 1.29 is 0 Å². The van der Waals surface area contributed by atoms with Gasteiger partial charge in [-0.15, -0.1) is 0 Å². The van der Waals surface area contributed by atoms with Gasteiger partial charge in [-0.05, 0) is 51.1 Å². The molecular weight excluding hydrogens is 196 g/mol. The second-order valence-corrected chi connectivity index (χ2v) is 6.56. The minimum Gasteiger partial charge on any atom is -0.309 e. The molecule has 2 rings (SSSR count). The standard InChI is InChI=1S/C14H28N2/c1-10(2)14(9-16(3)4)15-13-8-11-5-6-12(13)7-11/h10-15H,5-9H2,1-4H3. The van der Waals surface area contributed by atoms with Crippen LogP contribution in [0, 0.1) is 17.8 Å². The minimum absolute atomic E-state index is 0.666. The number of hydrogen-bond donors (Lipinski definition) is 1. The first kappa shape index (κ1) is 12.4. The summed E-state index contributed by atoms with van der Waals surface area (Å²) in [5.74, 6) is 2.78. The topological polar surface area (TPSA) is 15.3 Å². The fourth-order valence-electron chi connectivity index (χ4n) is 3.57. The number of likely N-dealkylation sites (N-methyl/N-ethyl adjacent to an activating group) is 1. The number of rotatable bonds is 5. The Bertz CT molecular complexity index is 225. The third-order valence-corrected chi connectivity index (χ3v) is 4.53. The van der Waals surface area contributed by atoms with Gasteiger partial charge in [-0.2, -0.15) is 0 Å². The number of fused-ring (bicyclic) bond motifs is 2. The van der Waals surface area contributed by atoms with Gasteiger partial charge in [-0.1, -0.05) is 20.3 Å². The Labute approximate surface area is 101 Å². The van der Waals surface area contributed by atoms with Gasteiger partial charge in [0.2, 0.25) is 0 Å². The Balaban J connectivity index is 1.86. The Morgan fingerprint density at radius 3 is 2.38 bits per heavy atom. The zero-order valence-corrected chi connectivity index (χ0v) is 11.4. The summed E-state index contributed by atoms with van der Waals surface area (Å²) in [6, 6.07) is 1.49. The van der Waals surface area contributed by atoms with Gasteiger partial charge in [0.25, 0.3) is 0 Å². The van der Waals surface area contributed by atoms with Crippen molar-refractivity contribution in [2.75, 3.05) is 20.6 Å². The molecule has 0 radical (unpaired) electrons. The zero-order chi connectivity index (χ0) is 11.7. The molecular formula is C14H28N2. The van der Waals surface area contributed by atoms with E-state index in [0.29, 0.717) is 6.04 Å². The summed E-state index contributed by atoms with van der Waals surface area (Å²) in [5.41, 5.74) is 0. The third kappa shape index (κ3) is 2.78. The zero-order valence-electron chi connectivity index (χ0n) is 11.4. The van der Waals surface area contributed by atoms with Crippen LogP contribution in [-0.4, -0.2) is 37.6 Å². The SMILES string of the molecule is CC(C)C(CN(C)C)NC1CC2CCC1C2. The van der Waals surface area contributed by atoms with E-state index >= 15 is 0 Å². The lowest BCUT2D eigenvalue weighted by atomic mass is 9.93. The lowest BCUT2D eigenvalue weighted by Crippen LogP contribution is -2.48. The molecule has 0 aliphatic heterocycles. The van der Waals surface area contributed by atoms with Crippen molar-refractivity contribution in [3.8, 4) is 0 Å². The summed E-state index contributed by atoms with van der Waals surface area (Å²) >= 11 is 0. The Morgan fingerprint density at radius 2 is 1.94 bits per heavy atom. The molecule has 0 aromatic carbocycles. The highest BCUT2D eigenvalue weighted by molar-refractivity contribution is 4.95. The summed E-state index contributed by atoms with van der Waals surface area (Å²) in [5, 5.41) is 3.94. The molecule has 2 aliphatic rings. The van der Waals surface area contributed by atoms with E-state index in [2.05, 4.69) is 38.2 Å². The van der Waals surface area contributed by atoms with Crippen LogP contribution in [0.1, 0.15) is 39.5 Å². The van der Waals surface area contributed by atoms with E-state index in [1.165, 1.54) is 32.2 Å². The predicted octanol–water partition coefficient (Wildman–Crippen LogP) is 2.35. The predicted molar refractivity (Wildman–Crippen MR) is 69.6 cm³/mol. The average molecular weight is 224 g/mol. The summed E-state index contributed by atoms with van der Waals surface area (Å²) in [4.78, 5) is 2.31. The minimum atomic E-state index is 0.666. The molecule has 2 aliphatic carbocycles. The number of nitrogens with one attached hydrogen (secondary N) is 1. The van der Waals surface area contributed by atoms with Crippen LogP contribution in [0.4, 0.5) is 0 Å². The molecule has 0 spiro atoms. The molecule has 4 unspecified atom stereocenters. The Morgan fingerprint density at radius 1 is 1.19 bits per heavy atom. The van der Waals surface area contributed by atoms with Crippen LogP contribution in [0.5, 0.6) is 0 Å². The molecule has 1 N–H and O–H groups in total. The molecule has 2 nitrogen and oxygen atoms in total. The van der Waals surface area contributed by atoms with Gasteiger partial charge in [0, 0.05) is 18.6 Å². The molecule has 0 heterocycles. The van der Waals surface area contributed by atoms with Gasteiger partial charge in [-0.3, -0.25) is 0 Å². The normalized spacial score (nSPS) is 35.2. The van der Waals surface area contributed by atoms with Crippen LogP contribution in [0.3, 0.4) is 0 Å². The van der Waals surface area contributed by atoms with Crippen molar-refractivity contribution in [2.24, 2.45) is 17.8 Å². The number of hydrogen-bond acceptors (Lipinski definition) is 2. The maximum atomic E-state index is 3.94. The van der Waals surface area contributed by atoms with Gasteiger partial charge in [0.15, 0.2) is 0 Å². The summed E-state index contributed by atoms with van der Waals surface area (Å²) in [6.07, 6.45) is 5.93. The highest BCUT2D eigenvalue weighted by Crippen LogP contribution is 2.44. The molecule has 2 fully saturated rings. The van der Waals surface area contributed by atoms with Crippen LogP contribution < -0.4 is 5.32 Å². The molecule has 2 saturated carbocycles. The van der Waals surface area contributed by atoms with Gasteiger partial charge >= 0.3 is 0 Å². The van der Waals surface area contributed by atoms with E-state index in [4.69, 9.17) is 0 Å². The van der Waals surface area contributed by atoms with E-state index in [1.54, 1.807) is 0 Å². The molecule has 0 amide bonds. The van der Waals surface area contributed by atoms with Crippen molar-refractivity contribution in [3.63, 3.8) is 0 Å². The molecule has 0 saturated heterocycles. The van der Waals surface area contributed by atoms with Crippen molar-refractivity contribution in [2.45, 2.75) is 51.6 Å². The lowest BCUT2D eigenvalue weighted by Gasteiger charge is -2.32. The molecule has 2 heteroatoms. The van der Waals surface area contributed by atoms with Crippen molar-refractivity contribution in [1.82, 2.24) is 10.2 Å². The van der Waals surface area contributed by atoms with E-state index in [1.807, 2.05) is 0 Å². The monoisotopic (exact) mass is 224 g/mol. The van der Waals surface area contributed by atoms with E-state index in [0.717, 1.165) is 23.8 Å². The highest BCUT2D eigenvalue weighted by atomic mass is 15.1. The highest BCUT2D eigenvalue weighted by Gasteiger charge is 2.40. The van der Waals surface area contributed by atoms with Gasteiger partial charge in [0.05, 0.1) is 0 Å². The van der Waals surface area contributed by atoms with E-state index in [-0.39, 0.29) is 0 Å². The second kappa shape index (κ2) is 5.05. The number of nitrogens with zero attached hydrogens (tertiary/aromatic N) is 1. The summed E-state index contributed by atoms with van der Waals surface area (Å²) in [6.45, 7) is 5.86. The van der Waals surface area contributed by atoms with Crippen molar-refractivity contribution in [3.05, 3.63) is 0 Å². The average Bonchev–Trinajstić information content (AvgIpc) is 2.77. The quantitative estimate of drug-likeness (QED) is 0.771. The van der Waals surface area contributed by atoms with E-state index < -0.39 is 0 Å². The first-order chi connectivity index (χ1) is 7.56. The van der Waals surface area contributed by atoms with E-state index in [9.17, 15) is 0 Å². The molecule has 94 valence electrons. The smallest absolute Gasteiger partial charge is 0.0220 e. The van der Waals surface area contributed by atoms with Crippen LogP contribution in [-0.2, 0) is 0 Å². The van der Waals surface area contributed by atoms with Crippen molar-refractivity contribution >= 4 is 0 Å². The van der Waals surface area contributed by atoms with Gasteiger partial charge in [0.1, 0.15) is 0 Å². The fourth-order valence-corrected chi connectivity index (χ4v) is 3.57. The fraction of sp³-hybridized carbons (Fsp3) is 1.00. The molecule has 2 bridgehead atoms. The van der Waals surface area contributed by atoms with Crippen LogP contribution in [0.25, 0.3) is 0 Å². The van der Waals surface area contributed by atoms with Gasteiger partial charge < -0.3 is 10.2 Å². The molecule has 0 aromatic rings. The van der Waals surface area contributed by atoms with Crippen LogP contribution >= 0.6 is 0 Å². The Hall–Kier alpha value is -0.0800. The largest absolute Gasteiger partial charge is 0.309 e. The molecule has 4 atom stereocenters. The van der Waals surface area contributed by atoms with Crippen LogP contribution in [0.15, 0.2) is 0 Å². The third-order valence-electron chi connectivity index (χ3n) is 4.53. The first-order valence-corrected chi connectivity index (χ1v) is 6.97. The Kier molecular flexibility index (Phi) is 3.91. The second-order valence-electron chi connectivity index (χ2n) is 6.56. The first-order valence-electron chi connectivity index (χ1n) is 6.97. The van der Waals surface area contributed by atoms with Gasteiger partial charge in [-0.25, -0.2) is 0 Å². The maximum Gasteiger partial charge on any atom is 0.0220 e. The summed E-state index contributed by atoms with van der Waals surface area (Å²) in [7, 11) is 4.36. The van der Waals surface area contributed by atoms with Crippen LogP contribution in [0.2, 0.25) is 0 Å². The lowest BCUT2D eigenvalue weighted by molar-refractivity contribution is 0.237.